The van der Waals surface area contributed by atoms with E-state index in [1.165, 1.54) is 0 Å². The summed E-state index contributed by atoms with van der Waals surface area (Å²) < 4.78 is 27.2. The summed E-state index contributed by atoms with van der Waals surface area (Å²) in [6, 6.07) is 6.94. The predicted molar refractivity (Wildman–Crippen MR) is 72.5 cm³/mol. The quantitative estimate of drug-likeness (QED) is 0.729. The fourth-order valence-electron chi connectivity index (χ4n) is 2.05. The average molecular weight is 282 g/mol. The molecule has 19 heavy (non-hydrogen) atoms. The molecule has 0 aromatic heterocycles. The summed E-state index contributed by atoms with van der Waals surface area (Å²) in [6.45, 7) is 0.0252. The molecule has 1 aromatic carbocycles. The summed E-state index contributed by atoms with van der Waals surface area (Å²) in [4.78, 5) is 0.265. The number of sulfonamides is 1. The van der Waals surface area contributed by atoms with Crippen molar-refractivity contribution in [2.45, 2.75) is 42.2 Å². The van der Waals surface area contributed by atoms with E-state index in [4.69, 9.17) is 0 Å². The topological polar surface area (TPSA) is 78.4 Å². The van der Waals surface area contributed by atoms with Crippen molar-refractivity contribution in [3.63, 3.8) is 0 Å². The van der Waals surface area contributed by atoms with Crippen molar-refractivity contribution < 1.29 is 13.5 Å². The smallest absolute Gasteiger partial charge is 0.242 e. The van der Waals surface area contributed by atoms with Crippen LogP contribution in [0.25, 0.3) is 0 Å². The van der Waals surface area contributed by atoms with Crippen LogP contribution in [0, 0.1) is 0 Å². The van der Waals surface area contributed by atoms with Gasteiger partial charge in [-0.3, -0.25) is 0 Å². The molecule has 2 aliphatic carbocycles. The third kappa shape index (κ3) is 2.75. The van der Waals surface area contributed by atoms with Crippen LogP contribution in [-0.2, 0) is 10.0 Å². The van der Waals surface area contributed by atoms with Gasteiger partial charge < -0.3 is 10.4 Å². The van der Waals surface area contributed by atoms with Crippen molar-refractivity contribution in [2.75, 3.05) is 11.9 Å². The van der Waals surface area contributed by atoms with E-state index < -0.39 is 10.0 Å². The van der Waals surface area contributed by atoms with E-state index in [2.05, 4.69) is 10.0 Å². The second-order valence-corrected chi connectivity index (χ2v) is 7.14. The summed E-state index contributed by atoms with van der Waals surface area (Å²) in [5.74, 6) is 0. The van der Waals surface area contributed by atoms with Crippen LogP contribution in [0.2, 0.25) is 0 Å². The van der Waals surface area contributed by atoms with E-state index in [-0.39, 0.29) is 23.1 Å². The number of rotatable bonds is 6. The summed E-state index contributed by atoms with van der Waals surface area (Å²) in [5, 5.41) is 12.5. The molecule has 0 heterocycles. The van der Waals surface area contributed by atoms with Crippen LogP contribution >= 0.6 is 0 Å². The minimum Gasteiger partial charge on any atom is -0.394 e. The van der Waals surface area contributed by atoms with Gasteiger partial charge in [0.1, 0.15) is 4.90 Å². The molecule has 3 rings (SSSR count). The van der Waals surface area contributed by atoms with Gasteiger partial charge >= 0.3 is 0 Å². The van der Waals surface area contributed by atoms with Gasteiger partial charge in [0.2, 0.25) is 10.0 Å². The van der Waals surface area contributed by atoms with Crippen molar-refractivity contribution in [1.82, 2.24) is 4.72 Å². The molecule has 0 unspecified atom stereocenters. The Morgan fingerprint density at radius 3 is 2.53 bits per heavy atom. The number of hydrogen-bond acceptors (Lipinski definition) is 4. The van der Waals surface area contributed by atoms with Gasteiger partial charge in [-0.25, -0.2) is 13.1 Å². The Morgan fingerprint density at radius 2 is 1.95 bits per heavy atom. The summed E-state index contributed by atoms with van der Waals surface area (Å²) in [7, 11) is -3.47. The first-order valence-electron chi connectivity index (χ1n) is 6.55. The van der Waals surface area contributed by atoms with Crippen LogP contribution in [0.5, 0.6) is 0 Å². The van der Waals surface area contributed by atoms with Gasteiger partial charge in [-0.15, -0.1) is 0 Å². The van der Waals surface area contributed by atoms with Crippen LogP contribution in [0.15, 0.2) is 29.2 Å². The molecule has 0 saturated heterocycles. The van der Waals surface area contributed by atoms with E-state index in [0.717, 1.165) is 25.7 Å². The highest BCUT2D eigenvalue weighted by molar-refractivity contribution is 7.89. The second-order valence-electron chi connectivity index (χ2n) is 5.46. The van der Waals surface area contributed by atoms with Gasteiger partial charge in [0, 0.05) is 6.04 Å². The number of hydrogen-bond donors (Lipinski definition) is 3. The first-order valence-corrected chi connectivity index (χ1v) is 8.03. The molecule has 104 valence electrons. The van der Waals surface area contributed by atoms with Crippen molar-refractivity contribution in [3.8, 4) is 0 Å². The molecular weight excluding hydrogens is 264 g/mol. The normalized spacial score (nSPS) is 21.1. The molecule has 1 aromatic rings. The zero-order chi connectivity index (χ0) is 13.5. The van der Waals surface area contributed by atoms with Crippen LogP contribution in [0.4, 0.5) is 5.69 Å². The van der Waals surface area contributed by atoms with Gasteiger partial charge in [-0.1, -0.05) is 12.1 Å². The Balaban J connectivity index is 1.88. The van der Waals surface area contributed by atoms with E-state index in [9.17, 15) is 13.5 Å². The van der Waals surface area contributed by atoms with Crippen molar-refractivity contribution in [2.24, 2.45) is 0 Å². The molecule has 6 heteroatoms. The maximum absolute atomic E-state index is 12.3. The lowest BCUT2D eigenvalue weighted by Gasteiger charge is -2.19. The maximum Gasteiger partial charge on any atom is 0.242 e. The fraction of sp³-hybridized carbons (Fsp3) is 0.538. The molecule has 0 bridgehead atoms. The lowest BCUT2D eigenvalue weighted by molar-refractivity contribution is 0.266. The second kappa shape index (κ2) is 4.47. The summed E-state index contributed by atoms with van der Waals surface area (Å²) in [6.07, 6.45) is 3.56. The van der Waals surface area contributed by atoms with Crippen LogP contribution < -0.4 is 10.0 Å². The Kier molecular flexibility index (Phi) is 3.03. The summed E-state index contributed by atoms with van der Waals surface area (Å²) >= 11 is 0. The van der Waals surface area contributed by atoms with Crippen LogP contribution in [0.3, 0.4) is 0 Å². The average Bonchev–Trinajstić information content (AvgIpc) is 3.27. The lowest BCUT2D eigenvalue weighted by atomic mass is 10.2. The Hall–Kier alpha value is -1.11. The molecule has 0 atom stereocenters. The highest BCUT2D eigenvalue weighted by Crippen LogP contribution is 2.39. The van der Waals surface area contributed by atoms with Crippen LogP contribution in [0.1, 0.15) is 25.7 Å². The number of aliphatic hydroxyl groups is 1. The lowest BCUT2D eigenvalue weighted by Crippen LogP contribution is -2.30. The number of nitrogens with one attached hydrogen (secondary N) is 2. The molecule has 0 spiro atoms. The highest BCUT2D eigenvalue weighted by Gasteiger charge is 2.43. The van der Waals surface area contributed by atoms with E-state index in [1.807, 2.05) is 0 Å². The third-order valence-electron chi connectivity index (χ3n) is 3.63. The number of para-hydroxylation sites is 1. The minimum atomic E-state index is -3.47. The number of aliphatic hydroxyl groups excluding tert-OH is 1. The Bertz CT molecular complexity index is 577. The molecule has 3 N–H and O–H groups in total. The molecule has 0 radical (unpaired) electrons. The van der Waals surface area contributed by atoms with E-state index in [0.29, 0.717) is 5.69 Å². The van der Waals surface area contributed by atoms with E-state index in [1.54, 1.807) is 24.3 Å². The molecule has 2 fully saturated rings. The zero-order valence-corrected chi connectivity index (χ0v) is 11.4. The molecular formula is C13H18N2O3S. The standard InChI is InChI=1S/C13H18N2O3S/c16-9-13(7-8-13)14-11-3-1-2-4-12(11)19(17,18)15-10-5-6-10/h1-4,10,14-16H,5-9H2. The maximum atomic E-state index is 12.3. The van der Waals surface area contributed by atoms with Gasteiger partial charge in [-0.2, -0.15) is 0 Å². The van der Waals surface area contributed by atoms with Crippen LogP contribution in [-0.4, -0.2) is 31.7 Å². The monoisotopic (exact) mass is 282 g/mol. The Morgan fingerprint density at radius 1 is 1.26 bits per heavy atom. The van der Waals surface area contributed by atoms with Gasteiger partial charge in [0.15, 0.2) is 0 Å². The third-order valence-corrected chi connectivity index (χ3v) is 5.21. The number of benzene rings is 1. The largest absolute Gasteiger partial charge is 0.394 e. The molecule has 0 amide bonds. The highest BCUT2D eigenvalue weighted by atomic mass is 32.2. The van der Waals surface area contributed by atoms with Gasteiger partial charge in [-0.05, 0) is 37.8 Å². The van der Waals surface area contributed by atoms with Gasteiger partial charge in [0.25, 0.3) is 0 Å². The van der Waals surface area contributed by atoms with Crippen molar-refractivity contribution in [1.29, 1.82) is 0 Å². The SMILES string of the molecule is O=S(=O)(NC1CC1)c1ccccc1NC1(CO)CC1. The summed E-state index contributed by atoms with van der Waals surface area (Å²) in [5.41, 5.74) is 0.243. The first-order chi connectivity index (χ1) is 9.05. The Labute approximate surface area is 113 Å². The van der Waals surface area contributed by atoms with E-state index >= 15 is 0 Å². The van der Waals surface area contributed by atoms with Crippen molar-refractivity contribution >= 4 is 15.7 Å². The zero-order valence-electron chi connectivity index (χ0n) is 10.6. The fourth-order valence-corrected chi connectivity index (χ4v) is 3.52. The molecule has 2 saturated carbocycles. The molecule has 2 aliphatic rings. The first kappa shape index (κ1) is 12.9. The van der Waals surface area contributed by atoms with Crippen molar-refractivity contribution in [3.05, 3.63) is 24.3 Å². The minimum absolute atomic E-state index is 0.0252. The van der Waals surface area contributed by atoms with Gasteiger partial charge in [0.05, 0.1) is 17.8 Å². The molecule has 5 nitrogen and oxygen atoms in total. The number of anilines is 1. The molecule has 0 aliphatic heterocycles. The predicted octanol–water partition coefficient (Wildman–Crippen LogP) is 1.06.